The molecule has 130 valence electrons. The van der Waals surface area contributed by atoms with Crippen LogP contribution >= 0.6 is 11.3 Å². The van der Waals surface area contributed by atoms with Gasteiger partial charge in [-0.3, -0.25) is 9.36 Å². The molecule has 1 aliphatic rings. The molecular formula is C18H24N2O3S. The van der Waals surface area contributed by atoms with Crippen molar-refractivity contribution >= 4 is 27.5 Å². The van der Waals surface area contributed by atoms with Crippen molar-refractivity contribution in [3.05, 3.63) is 26.6 Å². The summed E-state index contributed by atoms with van der Waals surface area (Å²) in [6, 6.07) is 0. The number of aromatic nitrogens is 2. The van der Waals surface area contributed by atoms with Crippen molar-refractivity contribution in [3.8, 4) is 0 Å². The molecule has 0 radical (unpaired) electrons. The molecule has 1 atom stereocenters. The van der Waals surface area contributed by atoms with Crippen LogP contribution in [0.4, 0.5) is 0 Å². The van der Waals surface area contributed by atoms with Gasteiger partial charge in [0, 0.05) is 11.4 Å². The smallest absolute Gasteiger partial charge is 0.374 e. The van der Waals surface area contributed by atoms with Crippen LogP contribution in [-0.4, -0.2) is 22.1 Å². The molecule has 0 aliphatic heterocycles. The summed E-state index contributed by atoms with van der Waals surface area (Å²) in [6.07, 6.45) is 4.55. The van der Waals surface area contributed by atoms with E-state index >= 15 is 0 Å². The van der Waals surface area contributed by atoms with Gasteiger partial charge < -0.3 is 4.74 Å². The van der Waals surface area contributed by atoms with Crippen molar-refractivity contribution in [2.75, 3.05) is 6.61 Å². The molecule has 24 heavy (non-hydrogen) atoms. The maximum Gasteiger partial charge on any atom is 0.374 e. The lowest BCUT2D eigenvalue weighted by Crippen LogP contribution is -2.29. The fourth-order valence-corrected chi connectivity index (χ4v) is 4.64. The molecule has 5 nitrogen and oxygen atoms in total. The Morgan fingerprint density at radius 3 is 2.88 bits per heavy atom. The molecule has 0 N–H and O–H groups in total. The first-order valence-corrected chi connectivity index (χ1v) is 9.60. The number of hydrogen-bond donors (Lipinski definition) is 0. The summed E-state index contributed by atoms with van der Waals surface area (Å²) >= 11 is 1.57. The number of thiophene rings is 1. The second kappa shape index (κ2) is 7.05. The molecule has 2 aromatic heterocycles. The number of aryl methyl sites for hydroxylation is 1. The Morgan fingerprint density at radius 2 is 2.17 bits per heavy atom. The number of carbonyl (C=O) groups is 1. The van der Waals surface area contributed by atoms with E-state index in [1.165, 1.54) is 9.44 Å². The second-order valence-electron chi connectivity index (χ2n) is 6.56. The Labute approximate surface area is 145 Å². The van der Waals surface area contributed by atoms with Crippen LogP contribution in [0.5, 0.6) is 0 Å². The fraction of sp³-hybridized carbons (Fsp3) is 0.611. The summed E-state index contributed by atoms with van der Waals surface area (Å²) in [6.45, 7) is 7.00. The van der Waals surface area contributed by atoms with Gasteiger partial charge in [-0.05, 0) is 43.6 Å². The van der Waals surface area contributed by atoms with Gasteiger partial charge in [0.25, 0.3) is 5.56 Å². The Kier molecular flexibility index (Phi) is 5.04. The molecule has 3 rings (SSSR count). The predicted molar refractivity (Wildman–Crippen MR) is 95.9 cm³/mol. The van der Waals surface area contributed by atoms with Gasteiger partial charge in [-0.25, -0.2) is 9.78 Å². The zero-order chi connectivity index (χ0) is 17.3. The Morgan fingerprint density at radius 1 is 1.38 bits per heavy atom. The molecular weight excluding hydrogens is 324 g/mol. The summed E-state index contributed by atoms with van der Waals surface area (Å²) in [4.78, 5) is 31.9. The number of nitrogens with zero attached hydrogens (tertiary/aromatic N) is 2. The first-order chi connectivity index (χ1) is 11.6. The lowest BCUT2D eigenvalue weighted by molar-refractivity contribution is 0.0483. The zero-order valence-corrected chi connectivity index (χ0v) is 15.4. The van der Waals surface area contributed by atoms with Crippen LogP contribution in [0.3, 0.4) is 0 Å². The van der Waals surface area contributed by atoms with Crippen LogP contribution in [-0.2, 0) is 24.1 Å². The number of rotatable bonds is 5. The minimum absolute atomic E-state index is 0.0858. The van der Waals surface area contributed by atoms with E-state index in [9.17, 15) is 9.59 Å². The number of ether oxygens (including phenoxy) is 1. The first kappa shape index (κ1) is 17.1. The highest BCUT2D eigenvalue weighted by Crippen LogP contribution is 2.35. The molecule has 2 heterocycles. The second-order valence-corrected chi connectivity index (χ2v) is 7.64. The molecule has 1 aliphatic carbocycles. The van der Waals surface area contributed by atoms with E-state index < -0.39 is 5.97 Å². The van der Waals surface area contributed by atoms with Crippen molar-refractivity contribution in [2.24, 2.45) is 5.92 Å². The lowest BCUT2D eigenvalue weighted by Gasteiger charge is -2.17. The van der Waals surface area contributed by atoms with Gasteiger partial charge in [0.15, 0.2) is 0 Å². The van der Waals surface area contributed by atoms with Crippen molar-refractivity contribution in [2.45, 2.75) is 59.4 Å². The molecule has 6 heteroatoms. The average molecular weight is 348 g/mol. The third-order valence-electron chi connectivity index (χ3n) is 4.48. The van der Waals surface area contributed by atoms with E-state index in [0.29, 0.717) is 23.9 Å². The zero-order valence-electron chi connectivity index (χ0n) is 14.6. The molecule has 0 amide bonds. The van der Waals surface area contributed by atoms with Gasteiger partial charge in [0.2, 0.25) is 5.82 Å². The van der Waals surface area contributed by atoms with Crippen molar-refractivity contribution < 1.29 is 9.53 Å². The first-order valence-electron chi connectivity index (χ1n) is 8.79. The summed E-state index contributed by atoms with van der Waals surface area (Å²) in [5, 5.41) is 0.724. The van der Waals surface area contributed by atoms with Crippen LogP contribution in [0.1, 0.15) is 61.1 Å². The van der Waals surface area contributed by atoms with Crippen LogP contribution in [0.15, 0.2) is 4.79 Å². The molecule has 0 unspecified atom stereocenters. The lowest BCUT2D eigenvalue weighted by atomic mass is 9.89. The standard InChI is InChI=1S/C18H24N2O3S/c1-4-8-20-15(18(22)23-9-5-2)19-16-14(17(20)21)12-7-6-11(3)10-13(12)24-16/h11H,4-10H2,1-3H3/t11-/m1/s1. The maximum absolute atomic E-state index is 13.1. The van der Waals surface area contributed by atoms with Gasteiger partial charge >= 0.3 is 5.97 Å². The van der Waals surface area contributed by atoms with E-state index in [1.54, 1.807) is 11.3 Å². The number of hydrogen-bond acceptors (Lipinski definition) is 5. The summed E-state index contributed by atoms with van der Waals surface area (Å²) in [5.41, 5.74) is 1.07. The van der Waals surface area contributed by atoms with Crippen LogP contribution in [0.25, 0.3) is 10.2 Å². The van der Waals surface area contributed by atoms with E-state index in [2.05, 4.69) is 11.9 Å². The topological polar surface area (TPSA) is 61.2 Å². The van der Waals surface area contributed by atoms with E-state index in [4.69, 9.17) is 4.74 Å². The highest BCUT2D eigenvalue weighted by Gasteiger charge is 2.26. The molecule has 2 aromatic rings. The third-order valence-corrected chi connectivity index (χ3v) is 5.63. The summed E-state index contributed by atoms with van der Waals surface area (Å²) in [7, 11) is 0. The third kappa shape index (κ3) is 2.99. The maximum atomic E-state index is 13.1. The fourth-order valence-electron chi connectivity index (χ4n) is 3.27. The summed E-state index contributed by atoms with van der Waals surface area (Å²) in [5.74, 6) is 0.288. The van der Waals surface area contributed by atoms with Gasteiger partial charge in [-0.1, -0.05) is 20.8 Å². The van der Waals surface area contributed by atoms with Crippen molar-refractivity contribution in [1.29, 1.82) is 0 Å². The highest BCUT2D eigenvalue weighted by atomic mass is 32.1. The molecule has 0 bridgehead atoms. The number of carbonyl (C=O) groups excluding carboxylic acids is 1. The van der Waals surface area contributed by atoms with E-state index in [1.807, 2.05) is 13.8 Å². The minimum Gasteiger partial charge on any atom is -0.460 e. The highest BCUT2D eigenvalue weighted by molar-refractivity contribution is 7.18. The van der Waals surface area contributed by atoms with Crippen LogP contribution in [0.2, 0.25) is 0 Å². The van der Waals surface area contributed by atoms with Crippen LogP contribution in [0, 0.1) is 5.92 Å². The Hall–Kier alpha value is -1.69. The van der Waals surface area contributed by atoms with E-state index in [-0.39, 0.29) is 11.4 Å². The Bertz CT molecular complexity index is 822. The molecule has 0 saturated carbocycles. The van der Waals surface area contributed by atoms with Gasteiger partial charge in [-0.2, -0.15) is 0 Å². The molecule has 0 fully saturated rings. The molecule has 0 spiro atoms. The number of esters is 1. The molecule has 0 saturated heterocycles. The average Bonchev–Trinajstić information content (AvgIpc) is 2.92. The van der Waals surface area contributed by atoms with Crippen LogP contribution < -0.4 is 5.56 Å². The minimum atomic E-state index is -0.496. The normalized spacial score (nSPS) is 17.0. The predicted octanol–water partition coefficient (Wildman–Crippen LogP) is 3.56. The number of fused-ring (bicyclic) bond motifs is 3. The van der Waals surface area contributed by atoms with Crippen molar-refractivity contribution in [1.82, 2.24) is 9.55 Å². The van der Waals surface area contributed by atoms with E-state index in [0.717, 1.165) is 43.1 Å². The summed E-state index contributed by atoms with van der Waals surface area (Å²) < 4.78 is 6.74. The van der Waals surface area contributed by atoms with Gasteiger partial charge in [0.05, 0.1) is 12.0 Å². The molecule has 0 aromatic carbocycles. The van der Waals surface area contributed by atoms with Gasteiger partial charge in [0.1, 0.15) is 4.83 Å². The quantitative estimate of drug-likeness (QED) is 0.775. The largest absolute Gasteiger partial charge is 0.460 e. The van der Waals surface area contributed by atoms with Gasteiger partial charge in [-0.15, -0.1) is 11.3 Å². The monoisotopic (exact) mass is 348 g/mol. The Balaban J connectivity index is 2.17. The van der Waals surface area contributed by atoms with Crippen molar-refractivity contribution in [3.63, 3.8) is 0 Å². The SMILES string of the molecule is CCCOC(=O)c1nc2sc3c(c2c(=O)n1CCC)CC[C@@H](C)C3.